The number of aliphatic hydroxyl groups is 1. The van der Waals surface area contributed by atoms with Crippen LogP contribution in [-0.4, -0.2) is 29.5 Å². The summed E-state index contributed by atoms with van der Waals surface area (Å²) in [6, 6.07) is 5.49. The zero-order valence-corrected chi connectivity index (χ0v) is 12.9. The lowest BCUT2D eigenvalue weighted by Crippen LogP contribution is -2.35. The summed E-state index contributed by atoms with van der Waals surface area (Å²) in [5.74, 6) is 0.678. The molecule has 4 nitrogen and oxygen atoms in total. The van der Waals surface area contributed by atoms with Gasteiger partial charge in [-0.2, -0.15) is 0 Å². The minimum atomic E-state index is 0.0187. The minimum Gasteiger partial charge on any atom is -0.504 e. The van der Waals surface area contributed by atoms with Crippen LogP contribution in [0.5, 0.6) is 11.5 Å². The number of hydrogen-bond donors (Lipinski definition) is 3. The number of ether oxygens (including phenoxy) is 1. The fourth-order valence-corrected chi connectivity index (χ4v) is 2.18. The zero-order chi connectivity index (χ0) is 15.2. The van der Waals surface area contributed by atoms with Crippen LogP contribution in [0.4, 0.5) is 0 Å². The molecule has 1 aromatic carbocycles. The summed E-state index contributed by atoms with van der Waals surface area (Å²) in [7, 11) is 0. The van der Waals surface area contributed by atoms with Crippen molar-refractivity contribution in [3.05, 3.63) is 23.8 Å². The second-order valence-electron chi connectivity index (χ2n) is 6.22. The van der Waals surface area contributed by atoms with Crippen molar-refractivity contribution in [1.82, 2.24) is 5.32 Å². The van der Waals surface area contributed by atoms with Crippen LogP contribution in [0.3, 0.4) is 0 Å². The van der Waals surface area contributed by atoms with Crippen molar-refractivity contribution in [2.75, 3.05) is 13.2 Å². The van der Waals surface area contributed by atoms with E-state index in [2.05, 4.69) is 26.1 Å². The summed E-state index contributed by atoms with van der Waals surface area (Å²) in [6.07, 6.45) is 0.870. The van der Waals surface area contributed by atoms with E-state index in [1.54, 1.807) is 6.07 Å². The average Bonchev–Trinajstić information content (AvgIpc) is 2.37. The third-order valence-corrected chi connectivity index (χ3v) is 3.04. The third kappa shape index (κ3) is 5.39. The number of phenolic OH excluding ortho intramolecular Hbond substituents is 1. The van der Waals surface area contributed by atoms with E-state index in [1.807, 2.05) is 19.1 Å². The topological polar surface area (TPSA) is 61.7 Å². The van der Waals surface area contributed by atoms with Crippen LogP contribution < -0.4 is 10.1 Å². The van der Waals surface area contributed by atoms with Crippen molar-refractivity contribution in [2.24, 2.45) is 5.41 Å². The van der Waals surface area contributed by atoms with Crippen LogP contribution in [-0.2, 0) is 6.54 Å². The molecular formula is C16H27NO3. The predicted octanol–water partition coefficient (Wildman–Crippen LogP) is 2.68. The molecule has 1 atom stereocenters. The number of para-hydroxylation sites is 1. The Labute approximate surface area is 121 Å². The van der Waals surface area contributed by atoms with E-state index in [4.69, 9.17) is 4.74 Å². The van der Waals surface area contributed by atoms with Crippen LogP contribution >= 0.6 is 0 Å². The predicted molar refractivity (Wildman–Crippen MR) is 81.1 cm³/mol. The Morgan fingerprint density at radius 3 is 2.55 bits per heavy atom. The molecule has 4 heteroatoms. The van der Waals surface area contributed by atoms with Crippen molar-refractivity contribution in [1.29, 1.82) is 0 Å². The van der Waals surface area contributed by atoms with Crippen molar-refractivity contribution in [2.45, 2.75) is 46.7 Å². The average molecular weight is 281 g/mol. The van der Waals surface area contributed by atoms with Gasteiger partial charge in [-0.3, -0.25) is 0 Å². The van der Waals surface area contributed by atoms with Gasteiger partial charge in [0.2, 0.25) is 0 Å². The molecule has 3 N–H and O–H groups in total. The van der Waals surface area contributed by atoms with E-state index >= 15 is 0 Å². The molecule has 0 saturated heterocycles. The number of rotatable bonds is 7. The molecule has 1 unspecified atom stereocenters. The molecule has 0 heterocycles. The molecule has 0 bridgehead atoms. The molecule has 0 saturated carbocycles. The van der Waals surface area contributed by atoms with Crippen molar-refractivity contribution in [3.8, 4) is 11.5 Å². The Kier molecular flexibility index (Phi) is 6.30. The van der Waals surface area contributed by atoms with Gasteiger partial charge >= 0.3 is 0 Å². The molecule has 0 aliphatic carbocycles. The summed E-state index contributed by atoms with van der Waals surface area (Å²) in [6.45, 7) is 9.43. The standard InChI is InChI=1S/C16H27NO3/c1-5-20-14-8-6-7-12(15(14)19)10-17-13(11-18)9-16(2,3)4/h6-8,13,17-19H,5,9-11H2,1-4H3. The molecule has 1 aromatic rings. The number of aromatic hydroxyl groups is 1. The number of benzene rings is 1. The zero-order valence-electron chi connectivity index (χ0n) is 12.9. The summed E-state index contributed by atoms with van der Waals surface area (Å²) >= 11 is 0. The quantitative estimate of drug-likeness (QED) is 0.719. The molecule has 1 rings (SSSR count). The number of hydrogen-bond acceptors (Lipinski definition) is 4. The number of nitrogens with one attached hydrogen (secondary N) is 1. The maximum atomic E-state index is 10.1. The molecular weight excluding hydrogens is 254 g/mol. The second kappa shape index (κ2) is 7.50. The fraction of sp³-hybridized carbons (Fsp3) is 0.625. The smallest absolute Gasteiger partial charge is 0.162 e. The van der Waals surface area contributed by atoms with Gasteiger partial charge in [-0.1, -0.05) is 32.9 Å². The maximum absolute atomic E-state index is 10.1. The normalized spacial score (nSPS) is 13.2. The summed E-state index contributed by atoms with van der Waals surface area (Å²) < 4.78 is 5.36. The van der Waals surface area contributed by atoms with Gasteiger partial charge in [-0.05, 0) is 24.8 Å². The Morgan fingerprint density at radius 2 is 2.00 bits per heavy atom. The Hall–Kier alpha value is -1.26. The van der Waals surface area contributed by atoms with Gasteiger partial charge in [0.25, 0.3) is 0 Å². The van der Waals surface area contributed by atoms with Crippen LogP contribution in [0, 0.1) is 5.41 Å². The van der Waals surface area contributed by atoms with Gasteiger partial charge in [0.15, 0.2) is 11.5 Å². The van der Waals surface area contributed by atoms with E-state index < -0.39 is 0 Å². The highest BCUT2D eigenvalue weighted by Gasteiger charge is 2.18. The fourth-order valence-electron chi connectivity index (χ4n) is 2.18. The van der Waals surface area contributed by atoms with Crippen LogP contribution in [0.15, 0.2) is 18.2 Å². The monoisotopic (exact) mass is 281 g/mol. The largest absolute Gasteiger partial charge is 0.504 e. The van der Waals surface area contributed by atoms with E-state index in [1.165, 1.54) is 0 Å². The first-order chi connectivity index (χ1) is 9.37. The highest BCUT2D eigenvalue weighted by molar-refractivity contribution is 5.45. The molecule has 0 radical (unpaired) electrons. The molecule has 0 fully saturated rings. The van der Waals surface area contributed by atoms with Gasteiger partial charge in [0.05, 0.1) is 13.2 Å². The molecule has 20 heavy (non-hydrogen) atoms. The van der Waals surface area contributed by atoms with Gasteiger partial charge in [0.1, 0.15) is 0 Å². The van der Waals surface area contributed by atoms with Crippen LogP contribution in [0.25, 0.3) is 0 Å². The van der Waals surface area contributed by atoms with Crippen molar-refractivity contribution < 1.29 is 14.9 Å². The van der Waals surface area contributed by atoms with Gasteiger partial charge < -0.3 is 20.3 Å². The van der Waals surface area contributed by atoms with Gasteiger partial charge in [-0.15, -0.1) is 0 Å². The lowest BCUT2D eigenvalue weighted by atomic mass is 9.88. The first kappa shape index (κ1) is 16.8. The van der Waals surface area contributed by atoms with E-state index in [0.717, 1.165) is 12.0 Å². The summed E-state index contributed by atoms with van der Waals surface area (Å²) in [4.78, 5) is 0. The van der Waals surface area contributed by atoms with Gasteiger partial charge in [-0.25, -0.2) is 0 Å². The van der Waals surface area contributed by atoms with E-state index in [0.29, 0.717) is 18.9 Å². The molecule has 0 aliphatic heterocycles. The van der Waals surface area contributed by atoms with E-state index in [-0.39, 0.29) is 23.8 Å². The Bertz CT molecular complexity index is 413. The van der Waals surface area contributed by atoms with E-state index in [9.17, 15) is 10.2 Å². The summed E-state index contributed by atoms with van der Waals surface area (Å²) in [5.41, 5.74) is 0.929. The SMILES string of the molecule is CCOc1cccc(CNC(CO)CC(C)(C)C)c1O. The lowest BCUT2D eigenvalue weighted by Gasteiger charge is -2.25. The highest BCUT2D eigenvalue weighted by Crippen LogP contribution is 2.30. The number of aliphatic hydroxyl groups excluding tert-OH is 1. The maximum Gasteiger partial charge on any atom is 0.162 e. The third-order valence-electron chi connectivity index (χ3n) is 3.04. The second-order valence-corrected chi connectivity index (χ2v) is 6.22. The molecule has 0 aliphatic rings. The molecule has 114 valence electrons. The van der Waals surface area contributed by atoms with Crippen LogP contribution in [0.2, 0.25) is 0 Å². The van der Waals surface area contributed by atoms with Crippen molar-refractivity contribution in [3.63, 3.8) is 0 Å². The first-order valence-corrected chi connectivity index (χ1v) is 7.15. The Balaban J connectivity index is 2.66. The number of phenols is 1. The highest BCUT2D eigenvalue weighted by atomic mass is 16.5. The lowest BCUT2D eigenvalue weighted by molar-refractivity contribution is 0.197. The molecule has 0 spiro atoms. The minimum absolute atomic E-state index is 0.0187. The van der Waals surface area contributed by atoms with Crippen LogP contribution in [0.1, 0.15) is 39.7 Å². The Morgan fingerprint density at radius 1 is 1.30 bits per heavy atom. The van der Waals surface area contributed by atoms with Crippen molar-refractivity contribution >= 4 is 0 Å². The molecule has 0 aromatic heterocycles. The van der Waals surface area contributed by atoms with Gasteiger partial charge in [0, 0.05) is 18.2 Å². The first-order valence-electron chi connectivity index (χ1n) is 7.15. The molecule has 0 amide bonds. The summed E-state index contributed by atoms with van der Waals surface area (Å²) in [5, 5.41) is 22.8.